The van der Waals surface area contributed by atoms with Crippen LogP contribution in [-0.2, 0) is 14.2 Å². The Bertz CT molecular complexity index is 808. The van der Waals surface area contributed by atoms with E-state index in [9.17, 15) is 4.79 Å². The molecule has 1 unspecified atom stereocenters. The highest BCUT2D eigenvalue weighted by atomic mass is 16.6. The third-order valence-corrected chi connectivity index (χ3v) is 3.80. The van der Waals surface area contributed by atoms with Crippen molar-refractivity contribution in [1.82, 2.24) is 19.5 Å². The zero-order chi connectivity index (χ0) is 17.1. The standard InChI is InChI=1S/C15H19N5O4/c1-3-4-5-23-10-6-9(7-22-2)24-14(10)20-8-17-11-12(20)18-15(16)19-13(11)21/h1,8-10,14H,4-7H2,2H3,(H3,16,18,19,21)/t9-,10?,14+/m0/s1. The molecule has 0 radical (unpaired) electrons. The molecule has 1 aliphatic rings. The topological polar surface area (TPSA) is 117 Å². The summed E-state index contributed by atoms with van der Waals surface area (Å²) in [6, 6.07) is 0. The third-order valence-electron chi connectivity index (χ3n) is 3.80. The lowest BCUT2D eigenvalue weighted by atomic mass is 10.2. The summed E-state index contributed by atoms with van der Waals surface area (Å²) in [6.07, 6.45) is 7.05. The van der Waals surface area contributed by atoms with Gasteiger partial charge in [-0.2, -0.15) is 4.98 Å². The largest absolute Gasteiger partial charge is 0.382 e. The van der Waals surface area contributed by atoms with Crippen molar-refractivity contribution < 1.29 is 14.2 Å². The molecule has 0 amide bonds. The number of hydrogen-bond donors (Lipinski definition) is 2. The number of aromatic nitrogens is 4. The molecule has 0 bridgehead atoms. The summed E-state index contributed by atoms with van der Waals surface area (Å²) in [5.41, 5.74) is 5.79. The summed E-state index contributed by atoms with van der Waals surface area (Å²) < 4.78 is 18.7. The van der Waals surface area contributed by atoms with Gasteiger partial charge >= 0.3 is 0 Å². The zero-order valence-corrected chi connectivity index (χ0v) is 13.3. The van der Waals surface area contributed by atoms with Crippen molar-refractivity contribution in [2.45, 2.75) is 31.3 Å². The number of nitrogens with zero attached hydrogens (tertiary/aromatic N) is 3. The van der Waals surface area contributed by atoms with Gasteiger partial charge in [-0.15, -0.1) is 12.3 Å². The summed E-state index contributed by atoms with van der Waals surface area (Å²) >= 11 is 0. The van der Waals surface area contributed by atoms with E-state index < -0.39 is 11.8 Å². The van der Waals surface area contributed by atoms with Crippen molar-refractivity contribution in [3.63, 3.8) is 0 Å². The van der Waals surface area contributed by atoms with Crippen molar-refractivity contribution in [2.75, 3.05) is 26.1 Å². The van der Waals surface area contributed by atoms with E-state index in [1.165, 1.54) is 6.33 Å². The van der Waals surface area contributed by atoms with Crippen LogP contribution in [0.25, 0.3) is 11.2 Å². The van der Waals surface area contributed by atoms with E-state index in [1.54, 1.807) is 11.7 Å². The van der Waals surface area contributed by atoms with Crippen LogP contribution in [0.1, 0.15) is 19.1 Å². The number of aromatic amines is 1. The molecule has 3 rings (SSSR count). The highest BCUT2D eigenvalue weighted by molar-refractivity contribution is 5.70. The van der Waals surface area contributed by atoms with Crippen LogP contribution in [0.5, 0.6) is 0 Å². The van der Waals surface area contributed by atoms with Crippen LogP contribution < -0.4 is 11.3 Å². The van der Waals surface area contributed by atoms with Crippen LogP contribution in [0, 0.1) is 12.3 Å². The number of H-pyrrole nitrogens is 1. The quantitative estimate of drug-likeness (QED) is 0.566. The third kappa shape index (κ3) is 3.12. The molecule has 0 saturated carbocycles. The molecule has 3 atom stereocenters. The van der Waals surface area contributed by atoms with E-state index in [-0.39, 0.29) is 23.7 Å². The fraction of sp³-hybridized carbons (Fsp3) is 0.533. The van der Waals surface area contributed by atoms with Crippen molar-refractivity contribution in [3.8, 4) is 12.3 Å². The summed E-state index contributed by atoms with van der Waals surface area (Å²) in [5, 5.41) is 0. The highest BCUT2D eigenvalue weighted by Gasteiger charge is 2.38. The Morgan fingerprint density at radius 2 is 2.46 bits per heavy atom. The van der Waals surface area contributed by atoms with Crippen molar-refractivity contribution in [1.29, 1.82) is 0 Å². The van der Waals surface area contributed by atoms with Crippen LogP contribution in [0.4, 0.5) is 5.95 Å². The summed E-state index contributed by atoms with van der Waals surface area (Å²) in [6.45, 7) is 0.859. The molecule has 2 aromatic heterocycles. The number of nitrogens with one attached hydrogen (secondary N) is 1. The first kappa shape index (κ1) is 16.4. The van der Waals surface area contributed by atoms with Crippen molar-refractivity contribution >= 4 is 17.1 Å². The Balaban J connectivity index is 1.92. The number of ether oxygens (including phenoxy) is 3. The first-order valence-electron chi connectivity index (χ1n) is 7.55. The fourth-order valence-corrected chi connectivity index (χ4v) is 2.80. The molecule has 128 valence electrons. The molecule has 1 aliphatic heterocycles. The van der Waals surface area contributed by atoms with Crippen LogP contribution >= 0.6 is 0 Å². The number of methoxy groups -OCH3 is 1. The second-order valence-corrected chi connectivity index (χ2v) is 5.48. The van der Waals surface area contributed by atoms with Gasteiger partial charge in [0.25, 0.3) is 5.56 Å². The Morgan fingerprint density at radius 3 is 3.21 bits per heavy atom. The molecule has 3 heterocycles. The first-order chi connectivity index (χ1) is 11.6. The smallest absolute Gasteiger partial charge is 0.280 e. The Hall–Kier alpha value is -2.41. The first-order valence-corrected chi connectivity index (χ1v) is 7.55. The molecular weight excluding hydrogens is 314 g/mol. The van der Waals surface area contributed by atoms with E-state index in [1.807, 2.05) is 0 Å². The zero-order valence-electron chi connectivity index (χ0n) is 13.3. The number of rotatable bonds is 6. The highest BCUT2D eigenvalue weighted by Crippen LogP contribution is 2.33. The molecule has 1 fully saturated rings. The van der Waals surface area contributed by atoms with Gasteiger partial charge < -0.3 is 19.9 Å². The number of hydrogen-bond acceptors (Lipinski definition) is 7. The minimum Gasteiger partial charge on any atom is -0.382 e. The molecule has 0 aromatic carbocycles. The Kier molecular flexibility index (Phi) is 4.80. The molecule has 1 saturated heterocycles. The van der Waals surface area contributed by atoms with Crippen LogP contribution in [0.15, 0.2) is 11.1 Å². The molecule has 9 nitrogen and oxygen atoms in total. The van der Waals surface area contributed by atoms with E-state index in [0.29, 0.717) is 31.7 Å². The minimum atomic E-state index is -0.485. The van der Waals surface area contributed by atoms with Crippen LogP contribution in [-0.4, -0.2) is 52.1 Å². The van der Waals surface area contributed by atoms with Gasteiger partial charge in [0.1, 0.15) is 6.10 Å². The Labute approximate surface area is 138 Å². The summed E-state index contributed by atoms with van der Waals surface area (Å²) in [7, 11) is 1.61. The number of anilines is 1. The maximum absolute atomic E-state index is 11.9. The number of imidazole rings is 1. The summed E-state index contributed by atoms with van der Waals surface area (Å²) in [5.74, 6) is 2.56. The predicted octanol–water partition coefficient (Wildman–Crippen LogP) is 0.0442. The van der Waals surface area contributed by atoms with E-state index in [0.717, 1.165) is 0 Å². The lowest BCUT2D eigenvalue weighted by molar-refractivity contribution is -0.0711. The Morgan fingerprint density at radius 1 is 1.62 bits per heavy atom. The monoisotopic (exact) mass is 333 g/mol. The maximum atomic E-state index is 11.9. The molecule has 0 spiro atoms. The van der Waals surface area contributed by atoms with E-state index >= 15 is 0 Å². The fourth-order valence-electron chi connectivity index (χ4n) is 2.80. The molecule has 24 heavy (non-hydrogen) atoms. The van der Waals surface area contributed by atoms with Crippen LogP contribution in [0.2, 0.25) is 0 Å². The maximum Gasteiger partial charge on any atom is 0.280 e. The van der Waals surface area contributed by atoms with Gasteiger partial charge in [-0.05, 0) is 0 Å². The minimum absolute atomic E-state index is 0.0190. The average Bonchev–Trinajstić information content (AvgIpc) is 3.12. The second-order valence-electron chi connectivity index (χ2n) is 5.48. The molecule has 3 N–H and O–H groups in total. The number of terminal acetylenes is 1. The van der Waals surface area contributed by atoms with E-state index in [4.69, 9.17) is 26.4 Å². The number of nitrogen functional groups attached to an aromatic ring is 1. The molecule has 2 aromatic rings. The molecule has 9 heteroatoms. The van der Waals surface area contributed by atoms with Crippen molar-refractivity contribution in [2.24, 2.45) is 0 Å². The lowest BCUT2D eigenvalue weighted by Gasteiger charge is -2.20. The number of nitrogens with two attached hydrogens (primary N) is 1. The van der Waals surface area contributed by atoms with Gasteiger partial charge in [-0.1, -0.05) is 0 Å². The van der Waals surface area contributed by atoms with Gasteiger partial charge in [-0.25, -0.2) is 4.98 Å². The van der Waals surface area contributed by atoms with Gasteiger partial charge in [0, 0.05) is 20.0 Å². The van der Waals surface area contributed by atoms with Crippen molar-refractivity contribution in [3.05, 3.63) is 16.7 Å². The van der Waals surface area contributed by atoms with Gasteiger partial charge in [0.05, 0.1) is 25.6 Å². The van der Waals surface area contributed by atoms with Gasteiger partial charge in [-0.3, -0.25) is 14.3 Å². The number of fused-ring (bicyclic) bond motifs is 1. The second kappa shape index (κ2) is 7.00. The predicted molar refractivity (Wildman–Crippen MR) is 86.2 cm³/mol. The van der Waals surface area contributed by atoms with Gasteiger partial charge in [0.15, 0.2) is 17.4 Å². The summed E-state index contributed by atoms with van der Waals surface area (Å²) in [4.78, 5) is 22.6. The SMILES string of the molecule is C#CCCOC1C[C@@H](COC)O[C@H]1n1cnc2c(=O)[nH]c(N)nc21. The van der Waals surface area contributed by atoms with Gasteiger partial charge in [0.2, 0.25) is 5.95 Å². The average molecular weight is 333 g/mol. The molecule has 0 aliphatic carbocycles. The lowest BCUT2D eigenvalue weighted by Crippen LogP contribution is -2.23. The molecular formula is C15H19N5O4. The van der Waals surface area contributed by atoms with Crippen LogP contribution in [0.3, 0.4) is 0 Å². The van der Waals surface area contributed by atoms with E-state index in [2.05, 4.69) is 20.9 Å². The normalized spacial score (nSPS) is 23.6.